The summed E-state index contributed by atoms with van der Waals surface area (Å²) in [6, 6.07) is 12.4. The number of aliphatic carboxylic acids is 1. The second kappa shape index (κ2) is 7.66. The van der Waals surface area contributed by atoms with Crippen LogP contribution in [0.3, 0.4) is 0 Å². The molecule has 126 valence electrons. The van der Waals surface area contributed by atoms with Crippen LogP contribution >= 0.6 is 35.0 Å². The first-order valence-corrected chi connectivity index (χ1v) is 9.18. The summed E-state index contributed by atoms with van der Waals surface area (Å²) in [5.41, 5.74) is 1.75. The maximum absolute atomic E-state index is 11.0. The molecule has 2 aromatic rings. The van der Waals surface area contributed by atoms with E-state index in [9.17, 15) is 9.90 Å². The lowest BCUT2D eigenvalue weighted by atomic mass is 10.2. The minimum Gasteiger partial charge on any atom is -0.544 e. The van der Waals surface area contributed by atoms with E-state index in [1.54, 1.807) is 30.0 Å². The van der Waals surface area contributed by atoms with Crippen LogP contribution in [0.15, 0.2) is 42.5 Å². The molecule has 3 rings (SSSR count). The molecule has 1 saturated heterocycles. The quantitative estimate of drug-likeness (QED) is 0.857. The van der Waals surface area contributed by atoms with Crippen LogP contribution < -0.4 is 15.2 Å². The number of ether oxygens (including phenoxy) is 1. The summed E-state index contributed by atoms with van der Waals surface area (Å²) in [5.74, 6) is 0.202. The summed E-state index contributed by atoms with van der Waals surface area (Å²) in [6.07, 6.45) is 0. The fraction of sp³-hybridized carbons (Fsp3) is 0.235. The van der Waals surface area contributed by atoms with Crippen LogP contribution in [0.5, 0.6) is 5.75 Å². The largest absolute Gasteiger partial charge is 0.544 e. The highest BCUT2D eigenvalue weighted by molar-refractivity contribution is 7.99. The fourth-order valence-corrected chi connectivity index (χ4v) is 4.30. The van der Waals surface area contributed by atoms with E-state index in [1.807, 2.05) is 29.6 Å². The third-order valence-electron chi connectivity index (χ3n) is 3.80. The zero-order valence-electron chi connectivity index (χ0n) is 12.6. The lowest BCUT2D eigenvalue weighted by molar-refractivity contribution is -0.690. The first kappa shape index (κ1) is 17.4. The smallest absolute Gasteiger partial charge is 0.159 e. The molecule has 1 heterocycles. The van der Waals surface area contributed by atoms with Crippen molar-refractivity contribution < 1.29 is 20.0 Å². The Morgan fingerprint density at radius 1 is 1.25 bits per heavy atom. The molecule has 1 aliphatic heterocycles. The number of carbonyl (C=O) groups is 1. The topological polar surface area (TPSA) is 66.0 Å². The van der Waals surface area contributed by atoms with E-state index in [0.29, 0.717) is 21.5 Å². The standard InChI is InChI=1S/C17H15Cl2NO3S/c18-13-5-2-6-14(19)12(13)8-23-11-4-1-3-10(7-11)16-20-15(9-24-16)17(21)22/h1-7,15-16,20H,8-9H2,(H,21,22)/t15-,16-/m0/s1. The number of hydrogen-bond donors (Lipinski definition) is 1. The molecule has 0 unspecified atom stereocenters. The molecular formula is C17H15Cl2NO3S. The van der Waals surface area contributed by atoms with Gasteiger partial charge in [-0.05, 0) is 24.3 Å². The van der Waals surface area contributed by atoms with Gasteiger partial charge in [0.15, 0.2) is 5.37 Å². The van der Waals surface area contributed by atoms with Crippen molar-refractivity contribution in [3.63, 3.8) is 0 Å². The Morgan fingerprint density at radius 3 is 2.62 bits per heavy atom. The molecule has 4 nitrogen and oxygen atoms in total. The maximum atomic E-state index is 11.0. The minimum absolute atomic E-state index is 0.0281. The first-order chi connectivity index (χ1) is 11.5. The molecule has 0 saturated carbocycles. The number of carboxylic acid groups (broad SMARTS) is 1. The van der Waals surface area contributed by atoms with Crippen molar-refractivity contribution in [2.24, 2.45) is 0 Å². The Labute approximate surface area is 154 Å². The van der Waals surface area contributed by atoms with E-state index >= 15 is 0 Å². The van der Waals surface area contributed by atoms with Crippen molar-refractivity contribution in [3.8, 4) is 5.75 Å². The van der Waals surface area contributed by atoms with Gasteiger partial charge in [-0.2, -0.15) is 0 Å². The highest BCUT2D eigenvalue weighted by atomic mass is 35.5. The van der Waals surface area contributed by atoms with Crippen LogP contribution in [-0.4, -0.2) is 17.8 Å². The molecule has 0 spiro atoms. The van der Waals surface area contributed by atoms with Gasteiger partial charge in [0.1, 0.15) is 24.4 Å². The number of halogens is 2. The van der Waals surface area contributed by atoms with Gasteiger partial charge in [0.05, 0.1) is 5.75 Å². The number of carboxylic acids is 1. The highest BCUT2D eigenvalue weighted by Crippen LogP contribution is 2.30. The zero-order chi connectivity index (χ0) is 17.1. The summed E-state index contributed by atoms with van der Waals surface area (Å²) in [7, 11) is 0. The van der Waals surface area contributed by atoms with Crippen LogP contribution in [0.25, 0.3) is 0 Å². The van der Waals surface area contributed by atoms with Crippen molar-refractivity contribution in [2.75, 3.05) is 5.75 Å². The minimum atomic E-state index is -1.02. The molecule has 7 heteroatoms. The fourth-order valence-electron chi connectivity index (χ4n) is 2.49. The average molecular weight is 384 g/mol. The molecule has 1 fully saturated rings. The van der Waals surface area contributed by atoms with Crippen LogP contribution in [0.4, 0.5) is 0 Å². The Hall–Kier alpha value is -1.40. The van der Waals surface area contributed by atoms with Gasteiger partial charge in [-0.3, -0.25) is 0 Å². The van der Waals surface area contributed by atoms with Crippen molar-refractivity contribution in [3.05, 3.63) is 63.6 Å². The molecule has 0 bridgehead atoms. The van der Waals surface area contributed by atoms with Gasteiger partial charge in [-0.25, -0.2) is 0 Å². The van der Waals surface area contributed by atoms with Crippen molar-refractivity contribution in [2.45, 2.75) is 18.0 Å². The van der Waals surface area contributed by atoms with Gasteiger partial charge in [-0.1, -0.05) is 53.2 Å². The molecular weight excluding hydrogens is 369 g/mol. The Morgan fingerprint density at radius 2 is 1.96 bits per heavy atom. The number of quaternary nitrogens is 1. The van der Waals surface area contributed by atoms with Crippen molar-refractivity contribution >= 4 is 40.9 Å². The third-order valence-corrected chi connectivity index (χ3v) is 5.84. The Kier molecular flexibility index (Phi) is 5.56. The highest BCUT2D eigenvalue weighted by Gasteiger charge is 2.30. The molecule has 0 aliphatic carbocycles. The van der Waals surface area contributed by atoms with E-state index in [4.69, 9.17) is 27.9 Å². The van der Waals surface area contributed by atoms with Gasteiger partial charge >= 0.3 is 0 Å². The number of thioether (sulfide) groups is 1. The molecule has 2 atom stereocenters. The summed E-state index contributed by atoms with van der Waals surface area (Å²) < 4.78 is 5.81. The summed E-state index contributed by atoms with van der Waals surface area (Å²) >= 11 is 13.9. The number of benzene rings is 2. The van der Waals surface area contributed by atoms with E-state index in [0.717, 1.165) is 11.1 Å². The molecule has 0 amide bonds. The predicted octanol–water partition coefficient (Wildman–Crippen LogP) is 2.00. The van der Waals surface area contributed by atoms with Gasteiger partial charge in [-0.15, -0.1) is 0 Å². The molecule has 2 N–H and O–H groups in total. The second-order valence-corrected chi connectivity index (χ2v) is 7.42. The second-order valence-electron chi connectivity index (χ2n) is 5.43. The van der Waals surface area contributed by atoms with Gasteiger partial charge < -0.3 is 20.0 Å². The van der Waals surface area contributed by atoms with E-state index in [1.165, 1.54) is 0 Å². The van der Waals surface area contributed by atoms with Crippen LogP contribution in [-0.2, 0) is 11.4 Å². The van der Waals surface area contributed by atoms with Gasteiger partial charge in [0.2, 0.25) is 0 Å². The molecule has 2 aromatic carbocycles. The maximum Gasteiger partial charge on any atom is 0.159 e. The van der Waals surface area contributed by atoms with Crippen LogP contribution in [0.1, 0.15) is 16.5 Å². The number of hydrogen-bond acceptors (Lipinski definition) is 4. The monoisotopic (exact) mass is 383 g/mol. The number of nitrogens with two attached hydrogens (primary N) is 1. The third kappa shape index (κ3) is 3.98. The van der Waals surface area contributed by atoms with Crippen molar-refractivity contribution in [1.29, 1.82) is 0 Å². The molecule has 24 heavy (non-hydrogen) atoms. The number of carbonyl (C=O) groups excluding carboxylic acids is 1. The summed E-state index contributed by atoms with van der Waals surface area (Å²) in [5, 5.41) is 13.9. The SMILES string of the molecule is O=C([O-])[C@@H]1CS[C@@H](c2cccc(OCc3c(Cl)cccc3Cl)c2)[NH2+]1. The normalized spacial score (nSPS) is 20.1. The van der Waals surface area contributed by atoms with E-state index < -0.39 is 12.0 Å². The van der Waals surface area contributed by atoms with Gasteiger partial charge in [0.25, 0.3) is 0 Å². The summed E-state index contributed by atoms with van der Waals surface area (Å²) in [6.45, 7) is 0.269. The average Bonchev–Trinajstić information content (AvgIpc) is 3.05. The molecule has 1 aliphatic rings. The van der Waals surface area contributed by atoms with Crippen molar-refractivity contribution in [1.82, 2.24) is 0 Å². The van der Waals surface area contributed by atoms with Crippen LogP contribution in [0.2, 0.25) is 10.0 Å². The lowest BCUT2D eigenvalue weighted by Gasteiger charge is -2.13. The molecule has 0 aromatic heterocycles. The lowest BCUT2D eigenvalue weighted by Crippen LogP contribution is -2.90. The van der Waals surface area contributed by atoms with Gasteiger partial charge in [0, 0.05) is 21.2 Å². The Balaban J connectivity index is 1.69. The number of rotatable bonds is 5. The van der Waals surface area contributed by atoms with E-state index in [2.05, 4.69) is 0 Å². The van der Waals surface area contributed by atoms with Crippen LogP contribution in [0, 0.1) is 0 Å². The zero-order valence-corrected chi connectivity index (χ0v) is 14.9. The summed E-state index contributed by atoms with van der Waals surface area (Å²) in [4.78, 5) is 11.0. The molecule has 0 radical (unpaired) electrons. The first-order valence-electron chi connectivity index (χ1n) is 7.37. The van der Waals surface area contributed by atoms with E-state index in [-0.39, 0.29) is 12.0 Å². The Bertz CT molecular complexity index is 736. The predicted molar refractivity (Wildman–Crippen MR) is 93.2 cm³/mol.